The summed E-state index contributed by atoms with van der Waals surface area (Å²) in [6, 6.07) is 0.340. The van der Waals surface area contributed by atoms with Crippen LogP contribution >= 0.6 is 0 Å². The molecule has 1 aromatic rings. The average molecular weight is 224 g/mol. The third-order valence-electron chi connectivity index (χ3n) is 1.81. The van der Waals surface area contributed by atoms with Crippen LogP contribution in [0.5, 0.6) is 0 Å². The van der Waals surface area contributed by atoms with E-state index in [1.54, 1.807) is 6.92 Å². The van der Waals surface area contributed by atoms with E-state index in [9.17, 15) is 4.79 Å². The molecule has 5 heteroatoms. The van der Waals surface area contributed by atoms with E-state index in [4.69, 9.17) is 9.15 Å². The first-order valence-corrected chi connectivity index (χ1v) is 5.25. The molecule has 1 heterocycles. The first-order valence-electron chi connectivity index (χ1n) is 5.25. The summed E-state index contributed by atoms with van der Waals surface area (Å²) in [5.41, 5.74) is 0.190. The summed E-state index contributed by atoms with van der Waals surface area (Å²) >= 11 is 0. The summed E-state index contributed by atoms with van der Waals surface area (Å²) in [7, 11) is 0. The monoisotopic (exact) mass is 224 g/mol. The van der Waals surface area contributed by atoms with Gasteiger partial charge in [-0.1, -0.05) is 12.2 Å². The molecule has 88 valence electrons. The standard InChI is InChI=1S/C11H16N2O3/c1-3-5-6-7-12-11-13-9(8-16-11)10(14)15-4-2/h3,5,8H,4,6-7H2,1-2H3,(H,12,13)/b5-3+. The molecule has 0 amide bonds. The number of ether oxygens (including phenoxy) is 1. The Bertz CT molecular complexity index is 358. The maximum absolute atomic E-state index is 11.3. The Labute approximate surface area is 94.5 Å². The van der Waals surface area contributed by atoms with Gasteiger partial charge in [-0.15, -0.1) is 0 Å². The van der Waals surface area contributed by atoms with Crippen LogP contribution in [-0.2, 0) is 4.74 Å². The summed E-state index contributed by atoms with van der Waals surface area (Å²) < 4.78 is 9.85. The highest BCUT2D eigenvalue weighted by molar-refractivity contribution is 5.87. The second-order valence-corrected chi connectivity index (χ2v) is 3.04. The minimum Gasteiger partial charge on any atom is -0.461 e. The smallest absolute Gasteiger partial charge is 0.360 e. The van der Waals surface area contributed by atoms with E-state index < -0.39 is 5.97 Å². The number of esters is 1. The maximum atomic E-state index is 11.3. The van der Waals surface area contributed by atoms with Gasteiger partial charge in [0, 0.05) is 6.54 Å². The molecule has 5 nitrogen and oxygen atoms in total. The molecule has 1 rings (SSSR count). The van der Waals surface area contributed by atoms with Gasteiger partial charge in [0.05, 0.1) is 6.61 Å². The fraction of sp³-hybridized carbons (Fsp3) is 0.455. The Hall–Kier alpha value is -1.78. The summed E-state index contributed by atoms with van der Waals surface area (Å²) in [5, 5.41) is 2.96. The fourth-order valence-corrected chi connectivity index (χ4v) is 1.08. The Balaban J connectivity index is 2.42. The molecule has 0 saturated carbocycles. The minimum atomic E-state index is -0.465. The average Bonchev–Trinajstić information content (AvgIpc) is 2.73. The lowest BCUT2D eigenvalue weighted by Crippen LogP contribution is -2.06. The Kier molecular flexibility index (Phi) is 5.11. The number of aromatic nitrogens is 1. The van der Waals surface area contributed by atoms with Gasteiger partial charge in [0.1, 0.15) is 6.26 Å². The van der Waals surface area contributed by atoms with Gasteiger partial charge in [0.25, 0.3) is 6.01 Å². The zero-order chi connectivity index (χ0) is 11.8. The lowest BCUT2D eigenvalue weighted by molar-refractivity contribution is 0.0519. The van der Waals surface area contributed by atoms with Crippen molar-refractivity contribution in [1.82, 2.24) is 4.98 Å². The number of hydrogen-bond donors (Lipinski definition) is 1. The predicted octanol–water partition coefficient (Wildman–Crippen LogP) is 2.23. The minimum absolute atomic E-state index is 0.190. The molecule has 0 aromatic carbocycles. The molecule has 1 aromatic heterocycles. The third-order valence-corrected chi connectivity index (χ3v) is 1.81. The van der Waals surface area contributed by atoms with Gasteiger partial charge in [0.2, 0.25) is 0 Å². The van der Waals surface area contributed by atoms with Gasteiger partial charge in [-0.2, -0.15) is 4.98 Å². The molecular weight excluding hydrogens is 208 g/mol. The van der Waals surface area contributed by atoms with E-state index in [0.29, 0.717) is 19.2 Å². The Morgan fingerprint density at radius 3 is 3.19 bits per heavy atom. The fourth-order valence-electron chi connectivity index (χ4n) is 1.08. The van der Waals surface area contributed by atoms with E-state index in [1.165, 1.54) is 6.26 Å². The van der Waals surface area contributed by atoms with Crippen molar-refractivity contribution >= 4 is 12.0 Å². The van der Waals surface area contributed by atoms with Crippen molar-refractivity contribution in [3.63, 3.8) is 0 Å². The highest BCUT2D eigenvalue weighted by Gasteiger charge is 2.12. The van der Waals surface area contributed by atoms with Crippen LogP contribution in [0.15, 0.2) is 22.8 Å². The number of allylic oxidation sites excluding steroid dienone is 1. The number of anilines is 1. The molecule has 0 unspecified atom stereocenters. The molecule has 0 spiro atoms. The molecule has 0 aliphatic carbocycles. The van der Waals surface area contributed by atoms with Crippen molar-refractivity contribution in [2.45, 2.75) is 20.3 Å². The molecule has 1 N–H and O–H groups in total. The van der Waals surface area contributed by atoms with Crippen LogP contribution in [0, 0.1) is 0 Å². The van der Waals surface area contributed by atoms with Crippen LogP contribution in [0.4, 0.5) is 6.01 Å². The van der Waals surface area contributed by atoms with Crippen molar-refractivity contribution in [2.75, 3.05) is 18.5 Å². The van der Waals surface area contributed by atoms with Gasteiger partial charge in [-0.3, -0.25) is 0 Å². The molecule has 0 radical (unpaired) electrons. The van der Waals surface area contributed by atoms with Gasteiger partial charge < -0.3 is 14.5 Å². The van der Waals surface area contributed by atoms with Crippen LogP contribution in [0.3, 0.4) is 0 Å². The van der Waals surface area contributed by atoms with Crippen LogP contribution < -0.4 is 5.32 Å². The number of carbonyl (C=O) groups is 1. The molecule has 0 fully saturated rings. The summed E-state index contributed by atoms with van der Waals surface area (Å²) in [5.74, 6) is -0.465. The SMILES string of the molecule is C/C=C/CCNc1nc(C(=O)OCC)co1. The van der Waals surface area contributed by atoms with Crippen molar-refractivity contribution in [1.29, 1.82) is 0 Å². The van der Waals surface area contributed by atoms with Crippen LogP contribution in [-0.4, -0.2) is 24.1 Å². The van der Waals surface area contributed by atoms with Gasteiger partial charge >= 0.3 is 5.97 Å². The molecule has 0 atom stereocenters. The van der Waals surface area contributed by atoms with Gasteiger partial charge in [-0.05, 0) is 20.3 Å². The number of oxazole rings is 1. The number of carbonyl (C=O) groups excluding carboxylic acids is 1. The molecule has 0 saturated heterocycles. The Morgan fingerprint density at radius 2 is 2.50 bits per heavy atom. The van der Waals surface area contributed by atoms with E-state index in [2.05, 4.69) is 10.3 Å². The maximum Gasteiger partial charge on any atom is 0.360 e. The van der Waals surface area contributed by atoms with Crippen molar-refractivity contribution in [2.24, 2.45) is 0 Å². The Morgan fingerprint density at radius 1 is 1.69 bits per heavy atom. The van der Waals surface area contributed by atoms with E-state index >= 15 is 0 Å². The molecule has 0 aliphatic heterocycles. The summed E-state index contributed by atoms with van der Waals surface area (Å²) in [6.07, 6.45) is 6.17. The molecular formula is C11H16N2O3. The predicted molar refractivity (Wildman–Crippen MR) is 60.4 cm³/mol. The third kappa shape index (κ3) is 3.76. The first kappa shape index (κ1) is 12.3. The highest BCUT2D eigenvalue weighted by Crippen LogP contribution is 2.08. The van der Waals surface area contributed by atoms with Crippen molar-refractivity contribution in [3.05, 3.63) is 24.1 Å². The van der Waals surface area contributed by atoms with Gasteiger partial charge in [0.15, 0.2) is 5.69 Å². The molecule has 0 aliphatic rings. The van der Waals surface area contributed by atoms with E-state index in [-0.39, 0.29) is 5.69 Å². The van der Waals surface area contributed by atoms with Crippen LogP contribution in [0.1, 0.15) is 30.8 Å². The second kappa shape index (κ2) is 6.66. The number of hydrogen-bond acceptors (Lipinski definition) is 5. The summed E-state index contributed by atoms with van der Waals surface area (Å²) in [4.78, 5) is 15.2. The largest absolute Gasteiger partial charge is 0.461 e. The highest BCUT2D eigenvalue weighted by atomic mass is 16.5. The summed E-state index contributed by atoms with van der Waals surface area (Å²) in [6.45, 7) is 4.75. The van der Waals surface area contributed by atoms with Crippen molar-refractivity contribution < 1.29 is 13.9 Å². The molecule has 16 heavy (non-hydrogen) atoms. The number of rotatable bonds is 6. The number of nitrogens with one attached hydrogen (secondary N) is 1. The topological polar surface area (TPSA) is 64.4 Å². The lowest BCUT2D eigenvalue weighted by atomic mass is 10.4. The van der Waals surface area contributed by atoms with E-state index in [1.807, 2.05) is 19.1 Å². The second-order valence-electron chi connectivity index (χ2n) is 3.04. The quantitative estimate of drug-likeness (QED) is 0.456. The van der Waals surface area contributed by atoms with Gasteiger partial charge in [-0.25, -0.2) is 4.79 Å². The van der Waals surface area contributed by atoms with Crippen LogP contribution in [0.2, 0.25) is 0 Å². The normalized spacial score (nSPS) is 10.6. The number of nitrogens with zero attached hydrogens (tertiary/aromatic N) is 1. The first-order chi connectivity index (χ1) is 7.77. The zero-order valence-corrected chi connectivity index (χ0v) is 9.53. The lowest BCUT2D eigenvalue weighted by Gasteiger charge is -1.97. The zero-order valence-electron chi connectivity index (χ0n) is 9.53. The van der Waals surface area contributed by atoms with Crippen molar-refractivity contribution in [3.8, 4) is 0 Å². The van der Waals surface area contributed by atoms with E-state index in [0.717, 1.165) is 6.42 Å². The van der Waals surface area contributed by atoms with Crippen LogP contribution in [0.25, 0.3) is 0 Å². The molecule has 0 bridgehead atoms.